The van der Waals surface area contributed by atoms with Crippen molar-refractivity contribution in [2.45, 2.75) is 58.7 Å². The van der Waals surface area contributed by atoms with Gasteiger partial charge in [-0.1, -0.05) is 36.8 Å². The molecule has 0 heterocycles. The summed E-state index contributed by atoms with van der Waals surface area (Å²) in [6, 6.07) is 11.0. The minimum atomic E-state index is -0.755. The van der Waals surface area contributed by atoms with Gasteiger partial charge in [-0.25, -0.2) is 20.0 Å². The number of hydrazine groups is 1. The van der Waals surface area contributed by atoms with Gasteiger partial charge >= 0.3 is 12.2 Å². The lowest BCUT2D eigenvalue weighted by molar-refractivity contribution is -0.120. The maximum absolute atomic E-state index is 12.4. The molecule has 0 aliphatic rings. The van der Waals surface area contributed by atoms with E-state index in [0.717, 1.165) is 10.6 Å². The van der Waals surface area contributed by atoms with E-state index in [2.05, 4.69) is 10.7 Å². The molecule has 2 N–H and O–H groups in total. The Bertz CT molecular complexity index is 725. The number of unbranched alkanes of at least 4 members (excludes halogenated alkanes) is 2. The molecule has 0 atom stereocenters. The number of rotatable bonds is 9. The van der Waals surface area contributed by atoms with Gasteiger partial charge in [-0.15, -0.1) is 0 Å². The summed E-state index contributed by atoms with van der Waals surface area (Å²) in [7, 11) is 0. The first-order chi connectivity index (χ1) is 14.2. The molecular formula is C21H30N4O5. The Labute approximate surface area is 177 Å². The van der Waals surface area contributed by atoms with Crippen LogP contribution >= 0.6 is 0 Å². The molecule has 9 nitrogen and oxygen atoms in total. The molecule has 3 amide bonds. The Morgan fingerprint density at radius 3 is 2.43 bits per heavy atom. The molecule has 0 bridgehead atoms. The Kier molecular flexibility index (Phi) is 10.8. The van der Waals surface area contributed by atoms with E-state index in [-0.39, 0.29) is 25.6 Å². The van der Waals surface area contributed by atoms with Gasteiger partial charge in [0.05, 0.1) is 6.07 Å². The van der Waals surface area contributed by atoms with E-state index in [4.69, 9.17) is 14.7 Å². The highest BCUT2D eigenvalue weighted by Crippen LogP contribution is 2.09. The van der Waals surface area contributed by atoms with Crippen LogP contribution in [0.5, 0.6) is 0 Å². The molecule has 1 aromatic rings. The number of benzene rings is 1. The second kappa shape index (κ2) is 13.0. The summed E-state index contributed by atoms with van der Waals surface area (Å²) in [6.07, 6.45) is 0.627. The largest absolute Gasteiger partial charge is 0.443 e. The van der Waals surface area contributed by atoms with Gasteiger partial charge in [0, 0.05) is 13.0 Å². The summed E-state index contributed by atoms with van der Waals surface area (Å²) in [5, 5.41) is 12.0. The molecule has 0 saturated heterocycles. The first-order valence-electron chi connectivity index (χ1n) is 9.83. The predicted octanol–water partition coefficient (Wildman–Crippen LogP) is 3.27. The van der Waals surface area contributed by atoms with Gasteiger partial charge in [0.15, 0.2) is 0 Å². The first-order valence-corrected chi connectivity index (χ1v) is 9.83. The summed E-state index contributed by atoms with van der Waals surface area (Å²) < 4.78 is 10.5. The maximum Gasteiger partial charge on any atom is 0.429 e. The molecule has 0 fully saturated rings. The molecule has 1 aromatic carbocycles. The molecule has 164 valence electrons. The van der Waals surface area contributed by atoms with Crippen molar-refractivity contribution in [3.63, 3.8) is 0 Å². The smallest absolute Gasteiger partial charge is 0.429 e. The van der Waals surface area contributed by atoms with Gasteiger partial charge in [0.2, 0.25) is 5.91 Å². The van der Waals surface area contributed by atoms with E-state index in [1.807, 2.05) is 36.4 Å². The molecule has 9 heteroatoms. The Morgan fingerprint density at radius 2 is 1.80 bits per heavy atom. The molecule has 0 spiro atoms. The highest BCUT2D eigenvalue weighted by molar-refractivity contribution is 5.76. The zero-order valence-corrected chi connectivity index (χ0v) is 17.8. The highest BCUT2D eigenvalue weighted by atomic mass is 16.6. The average molecular weight is 418 g/mol. The van der Waals surface area contributed by atoms with Crippen molar-refractivity contribution in [2.24, 2.45) is 0 Å². The van der Waals surface area contributed by atoms with E-state index < -0.39 is 17.8 Å². The number of carbonyl (C=O) groups is 3. The molecule has 30 heavy (non-hydrogen) atoms. The summed E-state index contributed by atoms with van der Waals surface area (Å²) >= 11 is 0. The van der Waals surface area contributed by atoms with Gasteiger partial charge in [-0.3, -0.25) is 4.79 Å². The van der Waals surface area contributed by atoms with E-state index in [0.29, 0.717) is 25.7 Å². The standard InChI is InChI=1S/C21H30N4O5/c1-21(2,3)30-19(27)24-25(15-9-5-8-12-18(26)23-14-13-22)20(28)29-16-17-10-6-4-7-11-17/h4,6-7,10-11H,5,8-9,12,14-16H2,1-3H3,(H,23,26)(H,24,27). The monoisotopic (exact) mass is 418 g/mol. The van der Waals surface area contributed by atoms with Crippen LogP contribution in [0.3, 0.4) is 0 Å². The van der Waals surface area contributed by atoms with Crippen molar-refractivity contribution in [3.8, 4) is 6.07 Å². The summed E-state index contributed by atoms with van der Waals surface area (Å²) in [5.41, 5.74) is 2.54. The normalized spacial score (nSPS) is 10.5. The molecule has 1 rings (SSSR count). The van der Waals surface area contributed by atoms with Crippen LogP contribution in [0.25, 0.3) is 0 Å². The Morgan fingerprint density at radius 1 is 1.10 bits per heavy atom. The third-order valence-corrected chi connectivity index (χ3v) is 3.70. The number of hydrogen-bond donors (Lipinski definition) is 2. The molecule has 0 radical (unpaired) electrons. The van der Waals surface area contributed by atoms with Crippen LogP contribution in [0.1, 0.15) is 52.0 Å². The quantitative estimate of drug-likeness (QED) is 0.361. The summed E-state index contributed by atoms with van der Waals surface area (Å²) in [6.45, 7) is 5.43. The van der Waals surface area contributed by atoms with Gasteiger partial charge in [-0.05, 0) is 39.2 Å². The highest BCUT2D eigenvalue weighted by Gasteiger charge is 2.22. The van der Waals surface area contributed by atoms with E-state index in [1.165, 1.54) is 0 Å². The number of carbonyl (C=O) groups excluding carboxylic acids is 3. The van der Waals surface area contributed by atoms with Crippen molar-refractivity contribution in [3.05, 3.63) is 35.9 Å². The number of nitrogens with zero attached hydrogens (tertiary/aromatic N) is 2. The molecular weight excluding hydrogens is 388 g/mol. The lowest BCUT2D eigenvalue weighted by Crippen LogP contribution is -2.48. The zero-order chi connectivity index (χ0) is 22.4. The van der Waals surface area contributed by atoms with Crippen molar-refractivity contribution < 1.29 is 23.9 Å². The Hall–Kier alpha value is -3.28. The summed E-state index contributed by atoms with van der Waals surface area (Å²) in [4.78, 5) is 36.0. The van der Waals surface area contributed by atoms with E-state index >= 15 is 0 Å². The van der Waals surface area contributed by atoms with Crippen LogP contribution in [0.2, 0.25) is 0 Å². The number of hydrogen-bond acceptors (Lipinski definition) is 6. The third kappa shape index (κ3) is 11.5. The lowest BCUT2D eigenvalue weighted by atomic mass is 10.2. The molecule has 0 aliphatic carbocycles. The van der Waals surface area contributed by atoms with E-state index in [9.17, 15) is 14.4 Å². The van der Waals surface area contributed by atoms with Crippen LogP contribution in [0.15, 0.2) is 30.3 Å². The SMILES string of the molecule is CC(C)(C)OC(=O)NN(CCCCCC(=O)NCC#N)C(=O)OCc1ccccc1. The fraction of sp³-hybridized carbons (Fsp3) is 0.524. The van der Waals surface area contributed by atoms with Crippen LogP contribution in [0.4, 0.5) is 9.59 Å². The van der Waals surface area contributed by atoms with Crippen LogP contribution in [0, 0.1) is 11.3 Å². The van der Waals surface area contributed by atoms with Crippen molar-refractivity contribution in [1.82, 2.24) is 15.8 Å². The zero-order valence-electron chi connectivity index (χ0n) is 17.8. The fourth-order valence-electron chi connectivity index (χ4n) is 2.36. The van der Waals surface area contributed by atoms with Crippen LogP contribution in [-0.4, -0.2) is 41.8 Å². The topological polar surface area (TPSA) is 121 Å². The molecule has 0 unspecified atom stereocenters. The molecule has 0 aliphatic heterocycles. The van der Waals surface area contributed by atoms with Gasteiger partial charge in [0.25, 0.3) is 0 Å². The fourth-order valence-corrected chi connectivity index (χ4v) is 2.36. The Balaban J connectivity index is 2.52. The van der Waals surface area contributed by atoms with Gasteiger partial charge in [-0.2, -0.15) is 5.26 Å². The first kappa shape index (κ1) is 24.8. The van der Waals surface area contributed by atoms with Crippen molar-refractivity contribution >= 4 is 18.1 Å². The minimum absolute atomic E-state index is 0.0142. The number of ether oxygens (including phenoxy) is 2. The molecule has 0 aromatic heterocycles. The second-order valence-electron chi connectivity index (χ2n) is 7.55. The number of nitrogens with one attached hydrogen (secondary N) is 2. The third-order valence-electron chi connectivity index (χ3n) is 3.70. The van der Waals surface area contributed by atoms with Crippen molar-refractivity contribution in [2.75, 3.05) is 13.1 Å². The second-order valence-corrected chi connectivity index (χ2v) is 7.55. The van der Waals surface area contributed by atoms with Gasteiger partial charge < -0.3 is 14.8 Å². The van der Waals surface area contributed by atoms with Gasteiger partial charge in [0.1, 0.15) is 18.8 Å². The predicted molar refractivity (Wildman–Crippen MR) is 110 cm³/mol. The number of nitriles is 1. The number of amides is 3. The van der Waals surface area contributed by atoms with Crippen LogP contribution < -0.4 is 10.7 Å². The lowest BCUT2D eigenvalue weighted by Gasteiger charge is -2.25. The molecule has 0 saturated carbocycles. The minimum Gasteiger partial charge on any atom is -0.443 e. The van der Waals surface area contributed by atoms with Crippen molar-refractivity contribution in [1.29, 1.82) is 5.26 Å². The summed E-state index contributed by atoms with van der Waals surface area (Å²) in [5.74, 6) is -0.192. The average Bonchev–Trinajstić information content (AvgIpc) is 2.68. The van der Waals surface area contributed by atoms with Crippen LogP contribution in [-0.2, 0) is 20.9 Å². The maximum atomic E-state index is 12.4. The van der Waals surface area contributed by atoms with E-state index in [1.54, 1.807) is 20.8 Å².